The molecule has 1 unspecified atom stereocenters. The van der Waals surface area contributed by atoms with Crippen LogP contribution in [0.25, 0.3) is 0 Å². The van der Waals surface area contributed by atoms with Gasteiger partial charge in [-0.1, -0.05) is 46.6 Å². The van der Waals surface area contributed by atoms with Gasteiger partial charge in [-0.05, 0) is 60.8 Å². The van der Waals surface area contributed by atoms with E-state index in [2.05, 4.69) is 28.2 Å². The minimum atomic E-state index is -0.171. The number of hydrogen-bond donors (Lipinski definition) is 1. The Hall–Kier alpha value is -0.900. The van der Waals surface area contributed by atoms with Gasteiger partial charge in [0.05, 0.1) is 0 Å². The van der Waals surface area contributed by atoms with Gasteiger partial charge >= 0.3 is 0 Å². The Morgan fingerprint density at radius 3 is 2.57 bits per heavy atom. The first-order valence-corrected chi connectivity index (χ1v) is 8.20. The van der Waals surface area contributed by atoms with Crippen LogP contribution in [0, 0.1) is 5.82 Å². The van der Waals surface area contributed by atoms with Gasteiger partial charge in [0.2, 0.25) is 0 Å². The number of rotatable bonds is 6. The lowest BCUT2D eigenvalue weighted by Crippen LogP contribution is -2.24. The van der Waals surface area contributed by atoms with Crippen LogP contribution >= 0.6 is 27.5 Å². The van der Waals surface area contributed by atoms with E-state index in [4.69, 9.17) is 11.6 Å². The summed E-state index contributed by atoms with van der Waals surface area (Å²) in [7, 11) is 0. The van der Waals surface area contributed by atoms with Crippen molar-refractivity contribution in [1.29, 1.82) is 0 Å². The first kappa shape index (κ1) is 16.5. The Bertz CT molecular complexity index is 586. The van der Waals surface area contributed by atoms with Crippen molar-refractivity contribution in [2.24, 2.45) is 0 Å². The Balaban J connectivity index is 2.23. The number of hydrogen-bond acceptors (Lipinski definition) is 1. The fraction of sp³-hybridized carbons (Fsp3) is 0.294. The Morgan fingerprint density at radius 1 is 1.19 bits per heavy atom. The van der Waals surface area contributed by atoms with Crippen molar-refractivity contribution in [2.75, 3.05) is 6.54 Å². The van der Waals surface area contributed by atoms with E-state index in [1.807, 2.05) is 30.3 Å². The van der Waals surface area contributed by atoms with Crippen molar-refractivity contribution < 1.29 is 4.39 Å². The van der Waals surface area contributed by atoms with Crippen molar-refractivity contribution in [3.8, 4) is 0 Å². The molecule has 112 valence electrons. The molecule has 0 aliphatic rings. The van der Waals surface area contributed by atoms with Gasteiger partial charge in [-0.25, -0.2) is 4.39 Å². The molecule has 0 saturated heterocycles. The van der Waals surface area contributed by atoms with Gasteiger partial charge < -0.3 is 5.32 Å². The average molecular weight is 371 g/mol. The van der Waals surface area contributed by atoms with Crippen LogP contribution in [0.5, 0.6) is 0 Å². The summed E-state index contributed by atoms with van der Waals surface area (Å²) in [6, 6.07) is 12.9. The zero-order valence-electron chi connectivity index (χ0n) is 11.9. The fourth-order valence-corrected chi connectivity index (χ4v) is 2.78. The molecule has 2 rings (SSSR count). The summed E-state index contributed by atoms with van der Waals surface area (Å²) < 4.78 is 14.9. The molecule has 2 aromatic carbocycles. The minimum Gasteiger partial charge on any atom is -0.310 e. The van der Waals surface area contributed by atoms with E-state index in [1.165, 1.54) is 6.07 Å². The highest BCUT2D eigenvalue weighted by Crippen LogP contribution is 2.24. The van der Waals surface area contributed by atoms with Crippen molar-refractivity contribution in [3.05, 3.63) is 68.9 Å². The van der Waals surface area contributed by atoms with E-state index in [0.717, 1.165) is 23.0 Å². The molecule has 1 atom stereocenters. The molecule has 0 heterocycles. The van der Waals surface area contributed by atoms with E-state index in [-0.39, 0.29) is 11.9 Å². The molecular weight excluding hydrogens is 353 g/mol. The second-order valence-electron chi connectivity index (χ2n) is 5.00. The van der Waals surface area contributed by atoms with Crippen molar-refractivity contribution in [2.45, 2.75) is 25.8 Å². The standard InChI is InChI=1S/C17H18BrClFN/c1-2-9-21-17(12-3-6-15(19)7-4-12)11-13-10-14(18)5-8-16(13)20/h3-8,10,17,21H,2,9,11H2,1H3. The van der Waals surface area contributed by atoms with Crippen LogP contribution in [0.3, 0.4) is 0 Å². The SMILES string of the molecule is CCCNC(Cc1cc(Br)ccc1F)c1ccc(Cl)cc1. The van der Waals surface area contributed by atoms with E-state index >= 15 is 0 Å². The molecular formula is C17H18BrClFN. The average Bonchev–Trinajstić information content (AvgIpc) is 2.48. The maximum atomic E-state index is 14.0. The summed E-state index contributed by atoms with van der Waals surface area (Å²) in [5.41, 5.74) is 1.82. The maximum Gasteiger partial charge on any atom is 0.126 e. The van der Waals surface area contributed by atoms with Crippen LogP contribution in [0.2, 0.25) is 5.02 Å². The van der Waals surface area contributed by atoms with E-state index in [1.54, 1.807) is 6.07 Å². The normalized spacial score (nSPS) is 12.4. The summed E-state index contributed by atoms with van der Waals surface area (Å²) in [6.07, 6.45) is 1.64. The van der Waals surface area contributed by atoms with Gasteiger partial charge in [-0.15, -0.1) is 0 Å². The van der Waals surface area contributed by atoms with Crippen LogP contribution in [-0.4, -0.2) is 6.54 Å². The number of benzene rings is 2. The van der Waals surface area contributed by atoms with Gasteiger partial charge in [0.1, 0.15) is 5.82 Å². The number of halogens is 3. The fourth-order valence-electron chi connectivity index (χ4n) is 2.24. The highest BCUT2D eigenvalue weighted by Gasteiger charge is 2.14. The molecule has 0 spiro atoms. The summed E-state index contributed by atoms with van der Waals surface area (Å²) in [5.74, 6) is -0.171. The molecule has 0 aliphatic heterocycles. The first-order chi connectivity index (χ1) is 10.1. The second kappa shape index (κ2) is 7.92. The van der Waals surface area contributed by atoms with Crippen molar-refractivity contribution >= 4 is 27.5 Å². The van der Waals surface area contributed by atoms with Crippen molar-refractivity contribution in [3.63, 3.8) is 0 Å². The third kappa shape index (κ3) is 4.80. The molecule has 0 amide bonds. The summed E-state index contributed by atoms with van der Waals surface area (Å²) in [5, 5.41) is 4.19. The van der Waals surface area contributed by atoms with Gasteiger partial charge in [-0.3, -0.25) is 0 Å². The highest BCUT2D eigenvalue weighted by atomic mass is 79.9. The molecule has 4 heteroatoms. The van der Waals surface area contributed by atoms with E-state index < -0.39 is 0 Å². The molecule has 0 bridgehead atoms. The van der Waals surface area contributed by atoms with Gasteiger partial charge in [0.25, 0.3) is 0 Å². The van der Waals surface area contributed by atoms with E-state index in [9.17, 15) is 4.39 Å². The van der Waals surface area contributed by atoms with Crippen molar-refractivity contribution in [1.82, 2.24) is 5.32 Å². The largest absolute Gasteiger partial charge is 0.310 e. The summed E-state index contributed by atoms with van der Waals surface area (Å²) in [4.78, 5) is 0. The lowest BCUT2D eigenvalue weighted by Gasteiger charge is -2.20. The van der Waals surface area contributed by atoms with Crippen LogP contribution < -0.4 is 5.32 Å². The summed E-state index contributed by atoms with van der Waals surface area (Å²) >= 11 is 9.34. The molecule has 2 aromatic rings. The van der Waals surface area contributed by atoms with Crippen LogP contribution in [0.1, 0.15) is 30.5 Å². The third-order valence-electron chi connectivity index (χ3n) is 3.34. The molecule has 0 radical (unpaired) electrons. The topological polar surface area (TPSA) is 12.0 Å². The van der Waals surface area contributed by atoms with E-state index in [0.29, 0.717) is 17.0 Å². The lowest BCUT2D eigenvalue weighted by molar-refractivity contribution is 0.513. The monoisotopic (exact) mass is 369 g/mol. The predicted octanol–water partition coefficient (Wildman–Crippen LogP) is 5.53. The van der Waals surface area contributed by atoms with Gasteiger partial charge in [0.15, 0.2) is 0 Å². The molecule has 0 saturated carbocycles. The van der Waals surface area contributed by atoms with Crippen LogP contribution in [0.15, 0.2) is 46.9 Å². The van der Waals surface area contributed by atoms with Crippen LogP contribution in [0.4, 0.5) is 4.39 Å². The zero-order chi connectivity index (χ0) is 15.2. The first-order valence-electron chi connectivity index (χ1n) is 7.03. The molecule has 21 heavy (non-hydrogen) atoms. The Morgan fingerprint density at radius 2 is 1.90 bits per heavy atom. The third-order valence-corrected chi connectivity index (χ3v) is 4.09. The molecule has 0 aliphatic carbocycles. The predicted molar refractivity (Wildman–Crippen MR) is 90.3 cm³/mol. The molecule has 1 N–H and O–H groups in total. The second-order valence-corrected chi connectivity index (χ2v) is 6.35. The molecule has 0 aromatic heterocycles. The van der Waals surface area contributed by atoms with Gasteiger partial charge in [0, 0.05) is 15.5 Å². The maximum absolute atomic E-state index is 14.0. The van der Waals surface area contributed by atoms with Gasteiger partial charge in [-0.2, -0.15) is 0 Å². The minimum absolute atomic E-state index is 0.0750. The molecule has 0 fully saturated rings. The van der Waals surface area contributed by atoms with Crippen LogP contribution in [-0.2, 0) is 6.42 Å². The number of nitrogens with one attached hydrogen (secondary N) is 1. The Kier molecular flexibility index (Phi) is 6.22. The smallest absolute Gasteiger partial charge is 0.126 e. The Labute approximate surface area is 138 Å². The lowest BCUT2D eigenvalue weighted by atomic mass is 9.98. The molecule has 1 nitrogen and oxygen atoms in total. The zero-order valence-corrected chi connectivity index (χ0v) is 14.2. The highest BCUT2D eigenvalue weighted by molar-refractivity contribution is 9.10. The summed E-state index contributed by atoms with van der Waals surface area (Å²) in [6.45, 7) is 3.01. The quantitative estimate of drug-likeness (QED) is 0.705.